The standard InChI is InChI=1S/C16H22N6S/c1-16(2,3)13-10-23-14(22-13)11(9-18)12-5-8-20-15(21-12)19-7-4-6-17/h5,8,10,22H,4,6-7,17H2,1-3H3,(H,19,20,21). The molecule has 1 aromatic rings. The number of thioether (sulfide) groups is 1. The fourth-order valence-electron chi connectivity index (χ4n) is 1.89. The Morgan fingerprint density at radius 3 is 2.87 bits per heavy atom. The van der Waals surface area contributed by atoms with Gasteiger partial charge in [-0.1, -0.05) is 32.5 Å². The highest BCUT2D eigenvalue weighted by atomic mass is 32.2. The number of anilines is 1. The number of allylic oxidation sites excluding steroid dienone is 2. The number of nitrogens with zero attached hydrogens (tertiary/aromatic N) is 3. The molecule has 1 aliphatic rings. The first-order valence-electron chi connectivity index (χ1n) is 7.51. The SMILES string of the molecule is CC(C)(C)C1=CSC(=C(C#N)c2ccnc(NCCCN)n2)N1. The summed E-state index contributed by atoms with van der Waals surface area (Å²) in [5.74, 6) is 0.510. The van der Waals surface area contributed by atoms with Crippen molar-refractivity contribution in [3.05, 3.63) is 34.1 Å². The van der Waals surface area contributed by atoms with Crippen LogP contribution in [0.2, 0.25) is 0 Å². The zero-order valence-electron chi connectivity index (χ0n) is 13.7. The molecule has 6 nitrogen and oxygen atoms in total. The molecule has 0 aliphatic carbocycles. The summed E-state index contributed by atoms with van der Waals surface area (Å²) in [7, 11) is 0. The first-order chi connectivity index (χ1) is 11.0. The lowest BCUT2D eigenvalue weighted by molar-refractivity contribution is 0.481. The van der Waals surface area contributed by atoms with Crippen molar-refractivity contribution < 1.29 is 0 Å². The molecule has 0 aromatic carbocycles. The molecule has 0 unspecified atom stereocenters. The summed E-state index contributed by atoms with van der Waals surface area (Å²) >= 11 is 1.52. The second-order valence-corrected chi connectivity index (χ2v) is 7.05. The van der Waals surface area contributed by atoms with Crippen molar-refractivity contribution in [1.29, 1.82) is 5.26 Å². The Morgan fingerprint density at radius 2 is 2.26 bits per heavy atom. The summed E-state index contributed by atoms with van der Waals surface area (Å²) < 4.78 is 0. The maximum Gasteiger partial charge on any atom is 0.223 e. The molecule has 1 aromatic heterocycles. The van der Waals surface area contributed by atoms with Gasteiger partial charge in [0.2, 0.25) is 5.95 Å². The van der Waals surface area contributed by atoms with E-state index >= 15 is 0 Å². The smallest absolute Gasteiger partial charge is 0.223 e. The maximum absolute atomic E-state index is 9.55. The molecule has 0 spiro atoms. The van der Waals surface area contributed by atoms with E-state index in [1.54, 1.807) is 12.3 Å². The summed E-state index contributed by atoms with van der Waals surface area (Å²) in [6.45, 7) is 7.71. The van der Waals surface area contributed by atoms with Crippen LogP contribution in [0.15, 0.2) is 28.4 Å². The van der Waals surface area contributed by atoms with Gasteiger partial charge in [0.1, 0.15) is 11.6 Å². The van der Waals surface area contributed by atoms with Gasteiger partial charge in [-0.15, -0.1) is 0 Å². The van der Waals surface area contributed by atoms with Crippen LogP contribution in [-0.4, -0.2) is 23.1 Å². The third-order valence-electron chi connectivity index (χ3n) is 3.27. The molecular weight excluding hydrogens is 308 g/mol. The third kappa shape index (κ3) is 4.47. The molecule has 0 bridgehead atoms. The van der Waals surface area contributed by atoms with E-state index in [-0.39, 0.29) is 5.41 Å². The molecule has 0 atom stereocenters. The zero-order chi connectivity index (χ0) is 16.9. The van der Waals surface area contributed by atoms with Crippen LogP contribution in [0.3, 0.4) is 0 Å². The Bertz CT molecular complexity index is 666. The number of nitrogens with two attached hydrogens (primary N) is 1. The minimum atomic E-state index is 0.00985. The average molecular weight is 330 g/mol. The normalized spacial score (nSPS) is 16.4. The highest BCUT2D eigenvalue weighted by molar-refractivity contribution is 8.06. The van der Waals surface area contributed by atoms with E-state index in [0.29, 0.717) is 30.3 Å². The molecule has 0 saturated heterocycles. The number of nitrogens with one attached hydrogen (secondary N) is 2. The number of hydrogen-bond donors (Lipinski definition) is 3. The van der Waals surface area contributed by atoms with Crippen molar-refractivity contribution >= 4 is 23.3 Å². The zero-order valence-corrected chi connectivity index (χ0v) is 14.5. The van der Waals surface area contributed by atoms with Crippen LogP contribution in [0, 0.1) is 16.7 Å². The Kier molecular flexibility index (Phi) is 5.64. The lowest BCUT2D eigenvalue weighted by Gasteiger charge is -2.20. The van der Waals surface area contributed by atoms with Gasteiger partial charge in [0.25, 0.3) is 0 Å². The van der Waals surface area contributed by atoms with Crippen molar-refractivity contribution in [2.45, 2.75) is 27.2 Å². The second kappa shape index (κ2) is 7.49. The number of nitriles is 1. The summed E-state index contributed by atoms with van der Waals surface area (Å²) in [5, 5.41) is 18.9. The van der Waals surface area contributed by atoms with E-state index in [0.717, 1.165) is 17.1 Å². The van der Waals surface area contributed by atoms with E-state index in [9.17, 15) is 5.26 Å². The van der Waals surface area contributed by atoms with Gasteiger partial charge in [-0.2, -0.15) is 5.26 Å². The molecule has 0 fully saturated rings. The number of aromatic nitrogens is 2. The van der Waals surface area contributed by atoms with Crippen LogP contribution < -0.4 is 16.4 Å². The molecule has 4 N–H and O–H groups in total. The molecule has 2 rings (SSSR count). The van der Waals surface area contributed by atoms with E-state index in [1.165, 1.54) is 11.8 Å². The van der Waals surface area contributed by atoms with E-state index in [2.05, 4.69) is 47.4 Å². The van der Waals surface area contributed by atoms with Gasteiger partial charge in [0, 0.05) is 23.9 Å². The first-order valence-corrected chi connectivity index (χ1v) is 8.39. The van der Waals surface area contributed by atoms with Crippen molar-refractivity contribution in [2.24, 2.45) is 11.1 Å². The van der Waals surface area contributed by atoms with Crippen molar-refractivity contribution in [3.63, 3.8) is 0 Å². The van der Waals surface area contributed by atoms with Crippen LogP contribution in [0.5, 0.6) is 0 Å². The molecule has 0 radical (unpaired) electrons. The van der Waals surface area contributed by atoms with E-state index in [1.807, 2.05) is 5.41 Å². The molecule has 0 amide bonds. The Labute approximate surface area is 141 Å². The fourth-order valence-corrected chi connectivity index (χ4v) is 2.98. The fraction of sp³-hybridized carbons (Fsp3) is 0.438. The quantitative estimate of drug-likeness (QED) is 0.563. The molecular formula is C16H22N6S. The number of hydrogen-bond acceptors (Lipinski definition) is 7. The van der Waals surface area contributed by atoms with Gasteiger partial charge in [-0.05, 0) is 24.4 Å². The summed E-state index contributed by atoms with van der Waals surface area (Å²) in [6.07, 6.45) is 2.50. The summed E-state index contributed by atoms with van der Waals surface area (Å²) in [4.78, 5) is 8.60. The van der Waals surface area contributed by atoms with E-state index < -0.39 is 0 Å². The number of rotatable bonds is 5. The lowest BCUT2D eigenvalue weighted by Crippen LogP contribution is -2.20. The van der Waals surface area contributed by atoms with Crippen LogP contribution >= 0.6 is 11.8 Å². The molecule has 0 saturated carbocycles. The average Bonchev–Trinajstić information content (AvgIpc) is 2.99. The van der Waals surface area contributed by atoms with Crippen LogP contribution in [0.4, 0.5) is 5.95 Å². The lowest BCUT2D eigenvalue weighted by atomic mass is 9.93. The molecule has 2 heterocycles. The predicted octanol–water partition coefficient (Wildman–Crippen LogP) is 2.65. The minimum Gasteiger partial charge on any atom is -0.354 e. The van der Waals surface area contributed by atoms with Gasteiger partial charge in [-0.25, -0.2) is 9.97 Å². The molecule has 23 heavy (non-hydrogen) atoms. The van der Waals surface area contributed by atoms with Crippen molar-refractivity contribution in [3.8, 4) is 6.07 Å². The van der Waals surface area contributed by atoms with Gasteiger partial charge in [-0.3, -0.25) is 0 Å². The summed E-state index contributed by atoms with van der Waals surface area (Å²) in [6, 6.07) is 4.00. The van der Waals surface area contributed by atoms with E-state index in [4.69, 9.17) is 5.73 Å². The Hall–Kier alpha value is -2.04. The summed E-state index contributed by atoms with van der Waals surface area (Å²) in [5.41, 5.74) is 7.71. The highest BCUT2D eigenvalue weighted by Gasteiger charge is 2.25. The van der Waals surface area contributed by atoms with Gasteiger partial charge >= 0.3 is 0 Å². The predicted molar refractivity (Wildman–Crippen MR) is 95.0 cm³/mol. The Morgan fingerprint density at radius 1 is 1.48 bits per heavy atom. The second-order valence-electron chi connectivity index (χ2n) is 6.17. The molecule has 122 valence electrons. The largest absolute Gasteiger partial charge is 0.354 e. The van der Waals surface area contributed by atoms with Crippen LogP contribution in [0.25, 0.3) is 5.57 Å². The van der Waals surface area contributed by atoms with Crippen molar-refractivity contribution in [2.75, 3.05) is 18.4 Å². The Balaban J connectivity index is 2.21. The highest BCUT2D eigenvalue weighted by Crippen LogP contribution is 2.37. The van der Waals surface area contributed by atoms with Gasteiger partial charge < -0.3 is 16.4 Å². The minimum absolute atomic E-state index is 0.00985. The van der Waals surface area contributed by atoms with Crippen molar-refractivity contribution in [1.82, 2.24) is 15.3 Å². The third-order valence-corrected chi connectivity index (χ3v) is 4.16. The molecule has 1 aliphatic heterocycles. The topological polar surface area (TPSA) is 99.7 Å². The van der Waals surface area contributed by atoms with Crippen LogP contribution in [0.1, 0.15) is 32.9 Å². The van der Waals surface area contributed by atoms with Gasteiger partial charge in [0.15, 0.2) is 0 Å². The maximum atomic E-state index is 9.55. The van der Waals surface area contributed by atoms with Gasteiger partial charge in [0.05, 0.1) is 10.7 Å². The monoisotopic (exact) mass is 330 g/mol. The van der Waals surface area contributed by atoms with Crippen LogP contribution in [-0.2, 0) is 0 Å². The molecule has 7 heteroatoms. The first kappa shape index (κ1) is 17.3.